The molecule has 0 aliphatic heterocycles. The first kappa shape index (κ1) is 15.9. The molecule has 0 aliphatic carbocycles. The van der Waals surface area contributed by atoms with Gasteiger partial charge in [-0.2, -0.15) is 5.26 Å². The van der Waals surface area contributed by atoms with Crippen molar-refractivity contribution in [3.05, 3.63) is 0 Å². The molecule has 0 radical (unpaired) electrons. The van der Waals surface area contributed by atoms with Crippen LogP contribution in [0.4, 0.5) is 0 Å². The van der Waals surface area contributed by atoms with Gasteiger partial charge in [-0.05, 0) is 31.6 Å². The van der Waals surface area contributed by atoms with E-state index in [1.165, 1.54) is 0 Å². The summed E-state index contributed by atoms with van der Waals surface area (Å²) in [5.41, 5.74) is -0.991. The molecule has 4 heteroatoms. The van der Waals surface area contributed by atoms with E-state index in [1.54, 1.807) is 6.92 Å². The Hall–Kier alpha value is -1.08. The average molecular weight is 240 g/mol. The van der Waals surface area contributed by atoms with Gasteiger partial charge < -0.3 is 10.4 Å². The molecule has 0 bridgehead atoms. The molecule has 4 nitrogen and oxygen atoms in total. The Bertz CT molecular complexity index is 294. The summed E-state index contributed by atoms with van der Waals surface area (Å²) in [5, 5.41) is 20.6. The molecule has 1 unspecified atom stereocenters. The molecule has 17 heavy (non-hydrogen) atoms. The second-order valence-electron chi connectivity index (χ2n) is 5.47. The fraction of sp³-hybridized carbons (Fsp3) is 0.846. The van der Waals surface area contributed by atoms with E-state index in [-0.39, 0.29) is 17.9 Å². The molecule has 0 aromatic heterocycles. The van der Waals surface area contributed by atoms with Gasteiger partial charge >= 0.3 is 0 Å². The lowest BCUT2D eigenvalue weighted by Crippen LogP contribution is -2.42. The first-order valence-corrected chi connectivity index (χ1v) is 6.12. The van der Waals surface area contributed by atoms with Crippen molar-refractivity contribution >= 4 is 5.91 Å². The summed E-state index contributed by atoms with van der Waals surface area (Å²) in [5.74, 6) is -0.209. The van der Waals surface area contributed by atoms with E-state index in [0.717, 1.165) is 12.8 Å². The zero-order chi connectivity index (χ0) is 13.5. The van der Waals surface area contributed by atoms with Crippen molar-refractivity contribution in [3.63, 3.8) is 0 Å². The van der Waals surface area contributed by atoms with Gasteiger partial charge in [0.05, 0.1) is 6.07 Å². The second-order valence-corrected chi connectivity index (χ2v) is 5.47. The summed E-state index contributed by atoms with van der Waals surface area (Å²) >= 11 is 0. The van der Waals surface area contributed by atoms with Gasteiger partial charge in [-0.25, -0.2) is 0 Å². The minimum atomic E-state index is -0.937. The summed E-state index contributed by atoms with van der Waals surface area (Å²) in [6.07, 6.45) is 2.08. The van der Waals surface area contributed by atoms with E-state index in [9.17, 15) is 4.79 Å². The molecule has 98 valence electrons. The molecule has 1 atom stereocenters. The number of aliphatic hydroxyl groups excluding tert-OH is 1. The third-order valence-electron chi connectivity index (χ3n) is 3.19. The molecular weight excluding hydrogens is 216 g/mol. The second kappa shape index (κ2) is 6.61. The Morgan fingerprint density at radius 3 is 2.41 bits per heavy atom. The average Bonchev–Trinajstić information content (AvgIpc) is 2.32. The van der Waals surface area contributed by atoms with Crippen LogP contribution < -0.4 is 5.32 Å². The minimum absolute atomic E-state index is 0.0531. The lowest BCUT2D eigenvalue weighted by molar-refractivity contribution is -0.128. The molecular formula is C13H24N2O2. The minimum Gasteiger partial charge on any atom is -0.396 e. The van der Waals surface area contributed by atoms with Crippen LogP contribution in [0.15, 0.2) is 0 Å². The predicted octanol–water partition coefficient (Wildman–Crippen LogP) is 1.84. The summed E-state index contributed by atoms with van der Waals surface area (Å²) in [6, 6.07) is 2.06. The maximum atomic E-state index is 11.9. The van der Waals surface area contributed by atoms with Crippen LogP contribution in [-0.2, 0) is 4.79 Å². The van der Waals surface area contributed by atoms with E-state index in [1.807, 2.05) is 20.8 Å². The summed E-state index contributed by atoms with van der Waals surface area (Å²) < 4.78 is 0. The standard InChI is InChI=1S/C13H24N2O2/c1-5-13(4,9-14)11(17)15-10-12(2,3)7-6-8-16/h16H,5-8,10H2,1-4H3,(H,15,17). The van der Waals surface area contributed by atoms with E-state index in [0.29, 0.717) is 13.0 Å². The maximum Gasteiger partial charge on any atom is 0.240 e. The van der Waals surface area contributed by atoms with Crippen LogP contribution in [0, 0.1) is 22.2 Å². The van der Waals surface area contributed by atoms with Gasteiger partial charge in [0.25, 0.3) is 0 Å². The number of carbonyl (C=O) groups excluding carboxylic acids is 1. The van der Waals surface area contributed by atoms with Crippen molar-refractivity contribution in [2.45, 2.75) is 47.0 Å². The molecule has 0 aromatic rings. The van der Waals surface area contributed by atoms with Gasteiger partial charge in [-0.3, -0.25) is 4.79 Å². The summed E-state index contributed by atoms with van der Waals surface area (Å²) in [6.45, 7) is 8.27. The number of nitrogens with zero attached hydrogens (tertiary/aromatic N) is 1. The number of rotatable bonds is 7. The highest BCUT2D eigenvalue weighted by Gasteiger charge is 2.32. The zero-order valence-corrected chi connectivity index (χ0v) is 11.3. The first-order valence-electron chi connectivity index (χ1n) is 6.12. The third kappa shape index (κ3) is 5.18. The summed E-state index contributed by atoms with van der Waals surface area (Å²) in [4.78, 5) is 11.9. The smallest absolute Gasteiger partial charge is 0.240 e. The monoisotopic (exact) mass is 240 g/mol. The number of nitriles is 1. The third-order valence-corrected chi connectivity index (χ3v) is 3.19. The van der Waals surface area contributed by atoms with Crippen LogP contribution >= 0.6 is 0 Å². The number of amides is 1. The van der Waals surface area contributed by atoms with Crippen molar-refractivity contribution in [1.29, 1.82) is 5.26 Å². The Labute approximate surface area is 104 Å². The maximum absolute atomic E-state index is 11.9. The van der Waals surface area contributed by atoms with Gasteiger partial charge in [-0.1, -0.05) is 20.8 Å². The van der Waals surface area contributed by atoms with Crippen molar-refractivity contribution in [2.24, 2.45) is 10.8 Å². The molecule has 0 heterocycles. The van der Waals surface area contributed by atoms with E-state index < -0.39 is 5.41 Å². The van der Waals surface area contributed by atoms with Gasteiger partial charge in [-0.15, -0.1) is 0 Å². The van der Waals surface area contributed by atoms with Crippen LogP contribution in [0.3, 0.4) is 0 Å². The molecule has 0 aliphatic rings. The van der Waals surface area contributed by atoms with Crippen LogP contribution in [0.2, 0.25) is 0 Å². The first-order chi connectivity index (χ1) is 7.81. The lowest BCUT2D eigenvalue weighted by Gasteiger charge is -2.27. The van der Waals surface area contributed by atoms with Crippen LogP contribution in [0.25, 0.3) is 0 Å². The van der Waals surface area contributed by atoms with Gasteiger partial charge in [0.2, 0.25) is 5.91 Å². The normalized spacial score (nSPS) is 14.8. The number of aliphatic hydroxyl groups is 1. The highest BCUT2D eigenvalue weighted by molar-refractivity contribution is 5.84. The molecule has 0 aromatic carbocycles. The number of carbonyl (C=O) groups is 1. The largest absolute Gasteiger partial charge is 0.396 e. The van der Waals surface area contributed by atoms with E-state index >= 15 is 0 Å². The fourth-order valence-electron chi connectivity index (χ4n) is 1.45. The molecule has 1 amide bonds. The van der Waals surface area contributed by atoms with E-state index in [4.69, 9.17) is 10.4 Å². The SMILES string of the molecule is CCC(C)(C#N)C(=O)NCC(C)(C)CCCO. The number of nitrogens with one attached hydrogen (secondary N) is 1. The van der Waals surface area contributed by atoms with Crippen molar-refractivity contribution in [1.82, 2.24) is 5.32 Å². The van der Waals surface area contributed by atoms with Crippen molar-refractivity contribution in [2.75, 3.05) is 13.2 Å². The topological polar surface area (TPSA) is 73.1 Å². The highest BCUT2D eigenvalue weighted by Crippen LogP contribution is 2.23. The lowest BCUT2D eigenvalue weighted by atomic mass is 9.85. The number of hydrogen-bond acceptors (Lipinski definition) is 3. The highest BCUT2D eigenvalue weighted by atomic mass is 16.2. The van der Waals surface area contributed by atoms with Gasteiger partial charge in [0.1, 0.15) is 5.41 Å². The fourth-order valence-corrected chi connectivity index (χ4v) is 1.45. The van der Waals surface area contributed by atoms with Crippen LogP contribution in [0.1, 0.15) is 47.0 Å². The Morgan fingerprint density at radius 1 is 1.41 bits per heavy atom. The molecule has 2 N–H and O–H groups in total. The zero-order valence-electron chi connectivity index (χ0n) is 11.3. The van der Waals surface area contributed by atoms with Gasteiger partial charge in [0.15, 0.2) is 0 Å². The Balaban J connectivity index is 4.29. The van der Waals surface area contributed by atoms with Crippen molar-refractivity contribution in [3.8, 4) is 6.07 Å². The van der Waals surface area contributed by atoms with E-state index in [2.05, 4.69) is 11.4 Å². The quantitative estimate of drug-likeness (QED) is 0.713. The van der Waals surface area contributed by atoms with Gasteiger partial charge in [0, 0.05) is 13.2 Å². The predicted molar refractivity (Wildman–Crippen MR) is 67.1 cm³/mol. The Kier molecular flexibility index (Phi) is 6.19. The molecule has 0 saturated carbocycles. The van der Waals surface area contributed by atoms with Crippen LogP contribution in [0.5, 0.6) is 0 Å². The molecule has 0 saturated heterocycles. The summed E-state index contributed by atoms with van der Waals surface area (Å²) in [7, 11) is 0. The van der Waals surface area contributed by atoms with Crippen LogP contribution in [-0.4, -0.2) is 24.2 Å². The Morgan fingerprint density at radius 2 is 2.00 bits per heavy atom. The molecule has 0 rings (SSSR count). The number of hydrogen-bond donors (Lipinski definition) is 2. The van der Waals surface area contributed by atoms with Crippen molar-refractivity contribution < 1.29 is 9.90 Å². The molecule has 0 fully saturated rings. The molecule has 0 spiro atoms.